The van der Waals surface area contributed by atoms with Crippen LogP contribution < -0.4 is 0 Å². The van der Waals surface area contributed by atoms with E-state index in [-0.39, 0.29) is 0 Å². The van der Waals surface area contributed by atoms with Crippen LogP contribution in [0.4, 0.5) is 0 Å². The molecule has 0 bridgehead atoms. The minimum absolute atomic E-state index is 0.636. The van der Waals surface area contributed by atoms with Gasteiger partial charge in [-0.15, -0.1) is 0 Å². The van der Waals surface area contributed by atoms with Gasteiger partial charge in [-0.25, -0.2) is 15.0 Å². The van der Waals surface area contributed by atoms with Gasteiger partial charge in [0.2, 0.25) is 0 Å². The third-order valence-corrected chi connectivity index (χ3v) is 5.55. The molecule has 0 aliphatic carbocycles. The molecule has 3 nitrogen and oxygen atoms in total. The molecule has 0 aliphatic heterocycles. The lowest BCUT2D eigenvalue weighted by molar-refractivity contribution is 1.07. The van der Waals surface area contributed by atoms with E-state index < -0.39 is 0 Å². The summed E-state index contributed by atoms with van der Waals surface area (Å²) in [6.07, 6.45) is 4.00. The predicted molar refractivity (Wildman–Crippen MR) is 147 cm³/mol. The molecule has 1 heterocycles. The fourth-order valence-corrected chi connectivity index (χ4v) is 3.63. The molecule has 0 saturated heterocycles. The summed E-state index contributed by atoms with van der Waals surface area (Å²) in [7, 11) is 0. The molecule has 5 rings (SSSR count). The number of hydrogen-bond donors (Lipinski definition) is 0. The fraction of sp³-hybridized carbons (Fsp3) is 0.0645. The first-order chi connectivity index (χ1) is 17.2. The van der Waals surface area contributed by atoms with Crippen molar-refractivity contribution in [3.63, 3.8) is 0 Å². The van der Waals surface area contributed by atoms with Crippen molar-refractivity contribution in [3.8, 4) is 45.3 Å². The Morgan fingerprint density at radius 1 is 0.457 bits per heavy atom. The van der Waals surface area contributed by atoms with Crippen molar-refractivity contribution in [3.05, 3.63) is 126 Å². The van der Waals surface area contributed by atoms with E-state index in [4.69, 9.17) is 26.6 Å². The third kappa shape index (κ3) is 6.28. The maximum absolute atomic E-state index is 6.20. The summed E-state index contributed by atoms with van der Waals surface area (Å²) < 4.78 is 0. The number of aromatic nitrogens is 3. The first-order valence-corrected chi connectivity index (χ1v) is 11.9. The van der Waals surface area contributed by atoms with Crippen LogP contribution in [0.15, 0.2) is 121 Å². The highest BCUT2D eigenvalue weighted by molar-refractivity contribution is 6.30. The van der Waals surface area contributed by atoms with E-state index in [1.54, 1.807) is 0 Å². The summed E-state index contributed by atoms with van der Waals surface area (Å²) in [4.78, 5) is 14.4. The highest BCUT2D eigenvalue weighted by atomic mass is 35.5. The molecule has 0 amide bonds. The smallest absolute Gasteiger partial charge is 0.164 e. The lowest BCUT2D eigenvalue weighted by Crippen LogP contribution is -2.00. The zero-order chi connectivity index (χ0) is 24.5. The Morgan fingerprint density at radius 3 is 1.34 bits per heavy atom. The monoisotopic (exact) mass is 475 g/mol. The van der Waals surface area contributed by atoms with Gasteiger partial charge in [0.05, 0.1) is 0 Å². The van der Waals surface area contributed by atoms with Crippen LogP contribution >= 0.6 is 11.6 Å². The lowest BCUT2D eigenvalue weighted by atomic mass is 10.0. The largest absolute Gasteiger partial charge is 0.208 e. The summed E-state index contributed by atoms with van der Waals surface area (Å²) >= 11 is 6.20. The van der Waals surface area contributed by atoms with Gasteiger partial charge in [-0.05, 0) is 43.2 Å². The highest BCUT2D eigenvalue weighted by Crippen LogP contribution is 2.29. The second-order valence-electron chi connectivity index (χ2n) is 7.80. The molecule has 0 aliphatic rings. The Kier molecular flexibility index (Phi) is 8.16. The van der Waals surface area contributed by atoms with E-state index in [0.29, 0.717) is 22.5 Å². The Bertz CT molecular complexity index is 1350. The van der Waals surface area contributed by atoms with Crippen molar-refractivity contribution < 1.29 is 0 Å². The maximum Gasteiger partial charge on any atom is 0.164 e. The van der Waals surface area contributed by atoms with Crippen molar-refractivity contribution in [1.82, 2.24) is 15.0 Å². The molecule has 0 N–H and O–H groups in total. The van der Waals surface area contributed by atoms with Crippen LogP contribution in [0, 0.1) is 0 Å². The van der Waals surface area contributed by atoms with Gasteiger partial charge in [0, 0.05) is 21.7 Å². The standard InChI is InChI=1S/C27H18ClN3.C4H8/c28-24-16-8-14-22(18-24)21-13-7-15-23(17-21)27-30-25(19-9-3-1-4-10-19)29-26(31-27)20-11-5-2-6-12-20;1-3-4-2/h1-18H;3-4H,1-2H3/b;4-3-. The molecule has 35 heavy (non-hydrogen) atoms. The van der Waals surface area contributed by atoms with Crippen LogP contribution in [0.25, 0.3) is 45.3 Å². The number of halogens is 1. The molecule has 0 saturated carbocycles. The van der Waals surface area contributed by atoms with Gasteiger partial charge in [-0.2, -0.15) is 0 Å². The van der Waals surface area contributed by atoms with Gasteiger partial charge < -0.3 is 0 Å². The molecular weight excluding hydrogens is 450 g/mol. The molecular formula is C31H26ClN3. The Labute approximate surface area is 211 Å². The normalized spacial score (nSPS) is 10.6. The van der Waals surface area contributed by atoms with E-state index in [2.05, 4.69) is 12.1 Å². The summed E-state index contributed by atoms with van der Waals surface area (Å²) in [6, 6.07) is 36.0. The van der Waals surface area contributed by atoms with E-state index in [1.165, 1.54) is 0 Å². The van der Waals surface area contributed by atoms with Crippen molar-refractivity contribution in [2.45, 2.75) is 13.8 Å². The van der Waals surface area contributed by atoms with Gasteiger partial charge in [-0.1, -0.05) is 115 Å². The second-order valence-corrected chi connectivity index (χ2v) is 8.23. The second kappa shape index (κ2) is 11.9. The Balaban J connectivity index is 0.000000672. The third-order valence-electron chi connectivity index (χ3n) is 5.31. The summed E-state index contributed by atoms with van der Waals surface area (Å²) in [5.41, 5.74) is 4.94. The van der Waals surface area contributed by atoms with Gasteiger partial charge in [0.15, 0.2) is 17.5 Å². The minimum Gasteiger partial charge on any atom is -0.208 e. The van der Waals surface area contributed by atoms with Gasteiger partial charge in [0.1, 0.15) is 0 Å². The van der Waals surface area contributed by atoms with Crippen LogP contribution in [0.5, 0.6) is 0 Å². The maximum atomic E-state index is 6.20. The Morgan fingerprint density at radius 2 is 0.857 bits per heavy atom. The first-order valence-electron chi connectivity index (χ1n) is 11.5. The van der Waals surface area contributed by atoms with E-state index in [9.17, 15) is 0 Å². The molecule has 4 aromatic carbocycles. The number of rotatable bonds is 4. The molecule has 0 unspecified atom stereocenters. The van der Waals surface area contributed by atoms with Crippen molar-refractivity contribution >= 4 is 11.6 Å². The zero-order valence-electron chi connectivity index (χ0n) is 19.8. The minimum atomic E-state index is 0.636. The molecule has 4 heteroatoms. The fourth-order valence-electron chi connectivity index (χ4n) is 3.44. The summed E-state index contributed by atoms with van der Waals surface area (Å²) in [6.45, 7) is 4.00. The molecule has 1 aromatic heterocycles. The number of benzene rings is 4. The molecule has 172 valence electrons. The topological polar surface area (TPSA) is 38.7 Å². The zero-order valence-corrected chi connectivity index (χ0v) is 20.5. The number of nitrogens with zero attached hydrogens (tertiary/aromatic N) is 3. The number of allylic oxidation sites excluding steroid dienone is 2. The van der Waals surface area contributed by atoms with Gasteiger partial charge >= 0.3 is 0 Å². The molecule has 0 radical (unpaired) electrons. The van der Waals surface area contributed by atoms with Crippen molar-refractivity contribution in [1.29, 1.82) is 0 Å². The first kappa shape index (κ1) is 24.1. The Hall–Kier alpha value is -4.08. The summed E-state index contributed by atoms with van der Waals surface area (Å²) in [5, 5.41) is 0.709. The van der Waals surface area contributed by atoms with Gasteiger partial charge in [0.25, 0.3) is 0 Å². The van der Waals surface area contributed by atoms with Crippen molar-refractivity contribution in [2.24, 2.45) is 0 Å². The van der Waals surface area contributed by atoms with E-state index >= 15 is 0 Å². The molecule has 0 spiro atoms. The van der Waals surface area contributed by atoms with Crippen LogP contribution in [0.3, 0.4) is 0 Å². The van der Waals surface area contributed by atoms with E-state index in [1.807, 2.05) is 123 Å². The number of hydrogen-bond acceptors (Lipinski definition) is 3. The van der Waals surface area contributed by atoms with Crippen molar-refractivity contribution in [2.75, 3.05) is 0 Å². The van der Waals surface area contributed by atoms with Crippen LogP contribution in [0.1, 0.15) is 13.8 Å². The molecule has 0 fully saturated rings. The van der Waals surface area contributed by atoms with Crippen LogP contribution in [-0.2, 0) is 0 Å². The molecule has 5 aromatic rings. The summed E-state index contributed by atoms with van der Waals surface area (Å²) in [5.74, 6) is 1.94. The predicted octanol–water partition coefficient (Wildman–Crippen LogP) is 8.78. The lowest BCUT2D eigenvalue weighted by Gasteiger charge is -2.09. The average Bonchev–Trinajstić information content (AvgIpc) is 2.94. The highest BCUT2D eigenvalue weighted by Gasteiger charge is 2.12. The average molecular weight is 476 g/mol. The quantitative estimate of drug-likeness (QED) is 0.244. The SMILES string of the molecule is C/C=C\C.Clc1cccc(-c2cccc(-c3nc(-c4ccccc4)nc(-c4ccccc4)n3)c2)c1. The van der Waals surface area contributed by atoms with Gasteiger partial charge in [-0.3, -0.25) is 0 Å². The van der Waals surface area contributed by atoms with E-state index in [0.717, 1.165) is 27.8 Å². The van der Waals surface area contributed by atoms with Crippen LogP contribution in [-0.4, -0.2) is 15.0 Å². The molecule has 0 atom stereocenters. The van der Waals surface area contributed by atoms with Crippen LogP contribution in [0.2, 0.25) is 5.02 Å².